The second kappa shape index (κ2) is 10.4. The second-order valence-corrected chi connectivity index (χ2v) is 13.5. The number of hydrogen-bond acceptors (Lipinski definition) is 3. The number of benzene rings is 3. The predicted molar refractivity (Wildman–Crippen MR) is 168 cm³/mol. The number of rotatable bonds is 7. The molecule has 0 aliphatic heterocycles. The van der Waals surface area contributed by atoms with Crippen LogP contribution in [0.2, 0.25) is 0 Å². The van der Waals surface area contributed by atoms with Crippen LogP contribution in [0.5, 0.6) is 11.5 Å². The van der Waals surface area contributed by atoms with Crippen molar-refractivity contribution in [2.24, 2.45) is 0 Å². The number of nitrogens with zero attached hydrogens (tertiary/aromatic N) is 1. The molecule has 39 heavy (non-hydrogen) atoms. The zero-order valence-corrected chi connectivity index (χ0v) is 25.2. The summed E-state index contributed by atoms with van der Waals surface area (Å²) in [5.41, 5.74) is 6.65. The van der Waals surface area contributed by atoms with Crippen LogP contribution in [0, 0.1) is 0 Å². The van der Waals surface area contributed by atoms with Gasteiger partial charge in [-0.1, -0.05) is 85.6 Å². The number of ether oxygens (including phenoxy) is 1. The average Bonchev–Trinajstić information content (AvgIpc) is 3.42. The predicted octanol–water partition coefficient (Wildman–Crippen LogP) is 10.4. The van der Waals surface area contributed by atoms with E-state index in [0.29, 0.717) is 12.4 Å². The zero-order chi connectivity index (χ0) is 27.9. The zero-order valence-electron chi connectivity index (χ0n) is 24.4. The summed E-state index contributed by atoms with van der Waals surface area (Å²) in [6.07, 6.45) is 3.34. The van der Waals surface area contributed by atoms with Crippen LogP contribution in [0.1, 0.15) is 78.9 Å². The maximum absolute atomic E-state index is 11.7. The highest BCUT2D eigenvalue weighted by molar-refractivity contribution is 7.14. The van der Waals surface area contributed by atoms with Crippen LogP contribution in [0.4, 0.5) is 0 Å². The fourth-order valence-corrected chi connectivity index (χ4v) is 6.18. The lowest BCUT2D eigenvalue weighted by atomic mass is 9.85. The van der Waals surface area contributed by atoms with Gasteiger partial charge < -0.3 is 14.4 Å². The molecule has 1 N–H and O–H groups in total. The van der Waals surface area contributed by atoms with Crippen LogP contribution < -0.4 is 4.74 Å². The van der Waals surface area contributed by atoms with Crippen molar-refractivity contribution in [3.63, 3.8) is 0 Å². The highest BCUT2D eigenvalue weighted by Crippen LogP contribution is 2.47. The molecule has 0 atom stereocenters. The smallest absolute Gasteiger partial charge is 0.158 e. The van der Waals surface area contributed by atoms with Gasteiger partial charge in [0, 0.05) is 21.7 Å². The molecule has 0 bridgehead atoms. The van der Waals surface area contributed by atoms with Crippen LogP contribution in [0.15, 0.2) is 66.0 Å². The molecule has 3 nitrogen and oxygen atoms in total. The topological polar surface area (TPSA) is 34.4 Å². The Labute approximate surface area is 237 Å². The summed E-state index contributed by atoms with van der Waals surface area (Å²) in [6, 6.07) is 21.6. The van der Waals surface area contributed by atoms with Gasteiger partial charge in [0.05, 0.1) is 28.2 Å². The molecule has 2 aromatic heterocycles. The third-order valence-corrected chi connectivity index (χ3v) is 8.61. The van der Waals surface area contributed by atoms with Gasteiger partial charge in [0.15, 0.2) is 5.75 Å². The Balaban J connectivity index is 1.69. The molecule has 0 saturated heterocycles. The van der Waals surface area contributed by atoms with E-state index in [2.05, 4.69) is 94.8 Å². The Morgan fingerprint density at radius 2 is 1.38 bits per heavy atom. The minimum Gasteiger partial charge on any atom is -0.504 e. The molecule has 5 rings (SSSR count). The van der Waals surface area contributed by atoms with E-state index in [9.17, 15) is 5.11 Å². The molecule has 0 aliphatic rings. The van der Waals surface area contributed by atoms with Gasteiger partial charge in [0.2, 0.25) is 0 Å². The van der Waals surface area contributed by atoms with Crippen molar-refractivity contribution in [3.8, 4) is 27.6 Å². The quantitative estimate of drug-likeness (QED) is 0.209. The molecule has 5 aromatic rings. The first-order valence-electron chi connectivity index (χ1n) is 14.1. The monoisotopic (exact) mass is 539 g/mol. The second-order valence-electron chi connectivity index (χ2n) is 12.6. The van der Waals surface area contributed by atoms with Crippen LogP contribution >= 0.6 is 11.3 Å². The number of aromatic nitrogens is 1. The van der Waals surface area contributed by atoms with Gasteiger partial charge in [0.1, 0.15) is 5.75 Å². The van der Waals surface area contributed by atoms with Crippen LogP contribution in [0.3, 0.4) is 0 Å². The highest BCUT2D eigenvalue weighted by Gasteiger charge is 2.24. The molecule has 204 valence electrons. The highest BCUT2D eigenvalue weighted by atomic mass is 32.1. The maximum Gasteiger partial charge on any atom is 0.158 e. The van der Waals surface area contributed by atoms with Crippen molar-refractivity contribution in [2.45, 2.75) is 78.6 Å². The molecule has 0 radical (unpaired) electrons. The average molecular weight is 540 g/mol. The summed E-state index contributed by atoms with van der Waals surface area (Å²) in [5.74, 6) is 1.12. The van der Waals surface area contributed by atoms with Gasteiger partial charge >= 0.3 is 0 Å². The minimum absolute atomic E-state index is 0.0444. The van der Waals surface area contributed by atoms with E-state index < -0.39 is 0 Å². The molecule has 0 spiro atoms. The van der Waals surface area contributed by atoms with Crippen molar-refractivity contribution in [3.05, 3.63) is 77.2 Å². The Morgan fingerprint density at radius 1 is 0.795 bits per heavy atom. The third kappa shape index (κ3) is 5.19. The molecule has 4 heteroatoms. The Hall–Kier alpha value is -3.24. The van der Waals surface area contributed by atoms with Crippen molar-refractivity contribution in [1.82, 2.24) is 4.57 Å². The van der Waals surface area contributed by atoms with Crippen LogP contribution in [-0.4, -0.2) is 16.3 Å². The van der Waals surface area contributed by atoms with Crippen LogP contribution in [-0.2, 0) is 10.8 Å². The largest absolute Gasteiger partial charge is 0.504 e. The maximum atomic E-state index is 11.7. The summed E-state index contributed by atoms with van der Waals surface area (Å²) in [4.78, 5) is 0.837. The molecule has 0 fully saturated rings. The number of thiophene rings is 1. The van der Waals surface area contributed by atoms with E-state index in [4.69, 9.17) is 4.74 Å². The summed E-state index contributed by atoms with van der Waals surface area (Å²) in [5, 5.41) is 16.2. The lowest BCUT2D eigenvalue weighted by Crippen LogP contribution is -2.10. The van der Waals surface area contributed by atoms with Crippen molar-refractivity contribution in [2.75, 3.05) is 6.61 Å². The van der Waals surface area contributed by atoms with Crippen molar-refractivity contribution < 1.29 is 9.84 Å². The summed E-state index contributed by atoms with van der Waals surface area (Å²) >= 11 is 1.57. The van der Waals surface area contributed by atoms with Crippen LogP contribution in [0.25, 0.3) is 37.9 Å². The molecule has 0 aliphatic carbocycles. The van der Waals surface area contributed by atoms with Gasteiger partial charge in [-0.3, -0.25) is 0 Å². The number of para-hydroxylation sites is 1. The first-order valence-corrected chi connectivity index (χ1v) is 15.0. The SMILES string of the molecule is CCCCCOc1ccccc1-c1scc(-n2c3ccc(C(C)(C)C)cc3c3cc(C(C)(C)C)ccc32)c1O. The van der Waals surface area contributed by atoms with E-state index in [0.717, 1.165) is 52.2 Å². The molecule has 0 saturated carbocycles. The summed E-state index contributed by atoms with van der Waals surface area (Å²) < 4.78 is 8.39. The first-order chi connectivity index (χ1) is 18.5. The molecule has 2 heterocycles. The molecular formula is C35H41NO2S. The van der Waals surface area contributed by atoms with Crippen molar-refractivity contribution in [1.29, 1.82) is 0 Å². The fraction of sp³-hybridized carbons (Fsp3) is 0.371. The van der Waals surface area contributed by atoms with Crippen molar-refractivity contribution >= 4 is 33.1 Å². The number of unbranched alkanes of at least 4 members (excludes halogenated alkanes) is 2. The lowest BCUT2D eigenvalue weighted by molar-refractivity contribution is 0.307. The van der Waals surface area contributed by atoms with Gasteiger partial charge in [-0.05, 0) is 64.8 Å². The van der Waals surface area contributed by atoms with Gasteiger partial charge in [-0.25, -0.2) is 0 Å². The van der Waals surface area contributed by atoms with E-state index in [1.165, 1.54) is 21.9 Å². The van der Waals surface area contributed by atoms with E-state index >= 15 is 0 Å². The number of aromatic hydroxyl groups is 1. The first kappa shape index (κ1) is 27.3. The third-order valence-electron chi connectivity index (χ3n) is 7.62. The van der Waals surface area contributed by atoms with E-state index in [-0.39, 0.29) is 10.8 Å². The molecule has 3 aromatic carbocycles. The normalized spacial score (nSPS) is 12.5. The Morgan fingerprint density at radius 3 is 1.95 bits per heavy atom. The summed E-state index contributed by atoms with van der Waals surface area (Å²) in [6.45, 7) is 16.4. The van der Waals surface area contributed by atoms with E-state index in [1.807, 2.05) is 24.3 Å². The molecular weight excluding hydrogens is 498 g/mol. The number of hydrogen-bond donors (Lipinski definition) is 1. The Kier molecular flexibility index (Phi) is 7.28. The number of fused-ring (bicyclic) bond motifs is 3. The van der Waals surface area contributed by atoms with Gasteiger partial charge in [-0.15, -0.1) is 11.3 Å². The standard InChI is InChI=1S/C35H41NO2S/c1-8-9-12-19-38-31-14-11-10-13-25(31)33-32(37)30(22-39-33)36-28-17-15-23(34(2,3)4)20-26(28)27-21-24(35(5,6)7)16-18-29(27)36/h10-11,13-18,20-22,37H,8-9,12,19H2,1-7H3. The minimum atomic E-state index is 0.0444. The van der Waals surface area contributed by atoms with Gasteiger partial charge in [0.25, 0.3) is 0 Å². The fourth-order valence-electron chi connectivity index (χ4n) is 5.22. The Bertz CT molecular complexity index is 1550. The van der Waals surface area contributed by atoms with E-state index in [1.54, 1.807) is 11.3 Å². The van der Waals surface area contributed by atoms with Gasteiger partial charge in [-0.2, -0.15) is 0 Å². The lowest BCUT2D eigenvalue weighted by Gasteiger charge is -2.19. The molecule has 0 unspecified atom stereocenters. The molecule has 0 amide bonds. The summed E-state index contributed by atoms with van der Waals surface area (Å²) in [7, 11) is 0.